The summed E-state index contributed by atoms with van der Waals surface area (Å²) < 4.78 is 9.78. The fraction of sp³-hybridized carbons (Fsp3) is 0.800. The molecule has 0 fully saturated rings. The Bertz CT molecular complexity index is 220. The van der Waals surface area contributed by atoms with E-state index in [2.05, 4.69) is 0 Å². The second kappa shape index (κ2) is 6.71. The van der Waals surface area contributed by atoms with Gasteiger partial charge in [0.1, 0.15) is 5.60 Å². The van der Waals surface area contributed by atoms with Crippen LogP contribution in [-0.4, -0.2) is 35.7 Å². The summed E-state index contributed by atoms with van der Waals surface area (Å²) in [6.45, 7) is 7.53. The van der Waals surface area contributed by atoms with E-state index >= 15 is 0 Å². The zero-order valence-corrected chi connectivity index (χ0v) is 10.5. The van der Waals surface area contributed by atoms with Gasteiger partial charge in [0.15, 0.2) is 0 Å². The van der Waals surface area contributed by atoms with Crippen molar-refractivity contribution >= 4 is 23.7 Å². The van der Waals surface area contributed by atoms with E-state index in [1.807, 2.05) is 0 Å². The SMILES string of the molecule is CCOC(=O)CSCC(=O)OC(C)(C)C. The molecule has 0 amide bonds. The molecule has 0 aromatic carbocycles. The molecule has 0 saturated heterocycles. The number of hydrogen-bond donors (Lipinski definition) is 0. The third-order valence-corrected chi connectivity index (χ3v) is 2.04. The highest BCUT2D eigenvalue weighted by Gasteiger charge is 2.16. The zero-order chi connectivity index (χ0) is 11.9. The van der Waals surface area contributed by atoms with Crippen molar-refractivity contribution in [2.45, 2.75) is 33.3 Å². The second-order valence-electron chi connectivity index (χ2n) is 3.88. The molecule has 15 heavy (non-hydrogen) atoms. The second-order valence-corrected chi connectivity index (χ2v) is 4.87. The highest BCUT2D eigenvalue weighted by molar-refractivity contribution is 8.00. The van der Waals surface area contributed by atoms with Crippen LogP contribution in [0, 0.1) is 0 Å². The highest BCUT2D eigenvalue weighted by atomic mass is 32.2. The number of ether oxygens (including phenoxy) is 2. The van der Waals surface area contributed by atoms with Gasteiger partial charge in [-0.25, -0.2) is 0 Å². The first kappa shape index (κ1) is 14.3. The molecule has 88 valence electrons. The lowest BCUT2D eigenvalue weighted by atomic mass is 10.2. The smallest absolute Gasteiger partial charge is 0.316 e. The molecule has 0 aromatic rings. The fourth-order valence-electron chi connectivity index (χ4n) is 0.791. The van der Waals surface area contributed by atoms with Crippen molar-refractivity contribution in [2.75, 3.05) is 18.1 Å². The van der Waals surface area contributed by atoms with E-state index in [0.717, 1.165) is 0 Å². The summed E-state index contributed by atoms with van der Waals surface area (Å²) in [5, 5.41) is 0. The molecule has 0 aliphatic heterocycles. The number of carbonyl (C=O) groups excluding carboxylic acids is 2. The van der Waals surface area contributed by atoms with Gasteiger partial charge in [-0.1, -0.05) is 0 Å². The first-order valence-electron chi connectivity index (χ1n) is 4.80. The van der Waals surface area contributed by atoms with Crippen LogP contribution in [0.4, 0.5) is 0 Å². The first-order valence-corrected chi connectivity index (χ1v) is 5.96. The van der Waals surface area contributed by atoms with Gasteiger partial charge < -0.3 is 9.47 Å². The normalized spacial score (nSPS) is 10.9. The lowest BCUT2D eigenvalue weighted by molar-refractivity contribution is -0.151. The highest BCUT2D eigenvalue weighted by Crippen LogP contribution is 2.10. The molecule has 0 aliphatic rings. The van der Waals surface area contributed by atoms with Gasteiger partial charge in [-0.05, 0) is 27.7 Å². The van der Waals surface area contributed by atoms with Crippen LogP contribution in [0.3, 0.4) is 0 Å². The van der Waals surface area contributed by atoms with Crippen LogP contribution >= 0.6 is 11.8 Å². The minimum atomic E-state index is -0.471. The molecule has 0 radical (unpaired) electrons. The van der Waals surface area contributed by atoms with Crippen LogP contribution < -0.4 is 0 Å². The van der Waals surface area contributed by atoms with Crippen molar-refractivity contribution in [1.82, 2.24) is 0 Å². The molecular weight excluding hydrogens is 216 g/mol. The lowest BCUT2D eigenvalue weighted by Gasteiger charge is -2.19. The summed E-state index contributed by atoms with van der Waals surface area (Å²) in [5.74, 6) is -0.244. The molecule has 0 heterocycles. The monoisotopic (exact) mass is 234 g/mol. The Labute approximate surface area is 94.7 Å². The summed E-state index contributed by atoms with van der Waals surface area (Å²) >= 11 is 1.20. The molecule has 0 aromatic heterocycles. The number of esters is 2. The van der Waals surface area contributed by atoms with Gasteiger partial charge in [-0.15, -0.1) is 11.8 Å². The maximum absolute atomic E-state index is 11.2. The van der Waals surface area contributed by atoms with E-state index in [1.54, 1.807) is 27.7 Å². The number of thioether (sulfide) groups is 1. The quantitative estimate of drug-likeness (QED) is 0.677. The van der Waals surface area contributed by atoms with Gasteiger partial charge in [0.2, 0.25) is 0 Å². The number of hydrogen-bond acceptors (Lipinski definition) is 5. The third kappa shape index (κ3) is 9.59. The Morgan fingerprint density at radius 3 is 2.13 bits per heavy atom. The molecule has 0 unspecified atom stereocenters. The molecule has 5 heteroatoms. The lowest BCUT2D eigenvalue weighted by Crippen LogP contribution is -2.25. The van der Waals surface area contributed by atoms with Crippen molar-refractivity contribution in [3.05, 3.63) is 0 Å². The molecule has 0 N–H and O–H groups in total. The summed E-state index contributed by atoms with van der Waals surface area (Å²) in [7, 11) is 0. The zero-order valence-electron chi connectivity index (χ0n) is 9.66. The molecule has 0 aliphatic carbocycles. The Kier molecular flexibility index (Phi) is 6.40. The van der Waals surface area contributed by atoms with Crippen LogP contribution in [0.25, 0.3) is 0 Å². The standard InChI is InChI=1S/C10H18O4S/c1-5-13-8(11)6-15-7-9(12)14-10(2,3)4/h5-7H2,1-4H3. The summed E-state index contributed by atoms with van der Waals surface area (Å²) in [6.07, 6.45) is 0. The predicted molar refractivity (Wildman–Crippen MR) is 59.8 cm³/mol. The van der Waals surface area contributed by atoms with E-state index in [0.29, 0.717) is 6.61 Å². The van der Waals surface area contributed by atoms with Crippen LogP contribution in [-0.2, 0) is 19.1 Å². The molecule has 0 atom stereocenters. The summed E-state index contributed by atoms with van der Waals surface area (Å²) in [6, 6.07) is 0. The minimum Gasteiger partial charge on any atom is -0.465 e. The van der Waals surface area contributed by atoms with Gasteiger partial charge >= 0.3 is 11.9 Å². The Balaban J connectivity index is 3.60. The predicted octanol–water partition coefficient (Wildman–Crippen LogP) is 1.62. The first-order chi connectivity index (χ1) is 6.85. The van der Waals surface area contributed by atoms with E-state index in [-0.39, 0.29) is 23.4 Å². The maximum atomic E-state index is 11.2. The van der Waals surface area contributed by atoms with E-state index in [4.69, 9.17) is 9.47 Å². The topological polar surface area (TPSA) is 52.6 Å². The van der Waals surface area contributed by atoms with Crippen LogP contribution in [0.5, 0.6) is 0 Å². The molecule has 4 nitrogen and oxygen atoms in total. The minimum absolute atomic E-state index is 0.177. The van der Waals surface area contributed by atoms with Crippen molar-refractivity contribution in [2.24, 2.45) is 0 Å². The van der Waals surface area contributed by atoms with E-state index in [1.165, 1.54) is 11.8 Å². The molecule has 0 rings (SSSR count). The van der Waals surface area contributed by atoms with Crippen molar-refractivity contribution in [3.8, 4) is 0 Å². The summed E-state index contributed by atoms with van der Waals surface area (Å²) in [5.41, 5.74) is -0.471. The Morgan fingerprint density at radius 1 is 1.13 bits per heavy atom. The molecular formula is C10H18O4S. The van der Waals surface area contributed by atoms with Gasteiger partial charge in [0.05, 0.1) is 18.1 Å². The van der Waals surface area contributed by atoms with E-state index in [9.17, 15) is 9.59 Å². The Hall–Kier alpha value is -0.710. The summed E-state index contributed by atoms with van der Waals surface area (Å²) in [4.78, 5) is 22.1. The number of carbonyl (C=O) groups is 2. The van der Waals surface area contributed by atoms with Crippen molar-refractivity contribution in [1.29, 1.82) is 0 Å². The van der Waals surface area contributed by atoms with Crippen LogP contribution in [0.15, 0.2) is 0 Å². The van der Waals surface area contributed by atoms with Gasteiger partial charge in [-0.3, -0.25) is 9.59 Å². The van der Waals surface area contributed by atoms with Gasteiger partial charge in [0, 0.05) is 0 Å². The fourth-order valence-corrected chi connectivity index (χ4v) is 1.37. The molecule has 0 bridgehead atoms. The van der Waals surface area contributed by atoms with Gasteiger partial charge in [0.25, 0.3) is 0 Å². The van der Waals surface area contributed by atoms with Crippen molar-refractivity contribution in [3.63, 3.8) is 0 Å². The molecule has 0 saturated carbocycles. The Morgan fingerprint density at radius 2 is 1.67 bits per heavy atom. The number of rotatable bonds is 5. The molecule has 0 spiro atoms. The largest absolute Gasteiger partial charge is 0.465 e. The third-order valence-electron chi connectivity index (χ3n) is 1.17. The van der Waals surface area contributed by atoms with Crippen molar-refractivity contribution < 1.29 is 19.1 Å². The van der Waals surface area contributed by atoms with Gasteiger partial charge in [-0.2, -0.15) is 0 Å². The average molecular weight is 234 g/mol. The van der Waals surface area contributed by atoms with E-state index < -0.39 is 5.60 Å². The maximum Gasteiger partial charge on any atom is 0.316 e. The average Bonchev–Trinajstić information content (AvgIpc) is 2.00. The van der Waals surface area contributed by atoms with Crippen LogP contribution in [0.2, 0.25) is 0 Å². The van der Waals surface area contributed by atoms with Crippen LogP contribution in [0.1, 0.15) is 27.7 Å².